The number of fused-ring (bicyclic) bond motifs is 5. The third-order valence-corrected chi connectivity index (χ3v) is 20.3. The fourth-order valence-corrected chi connectivity index (χ4v) is 16.4. The molecule has 12 nitrogen and oxygen atoms in total. The monoisotopic (exact) mass is 967 g/mol. The molecular formula is C57H65NO11Si. The van der Waals surface area contributed by atoms with Gasteiger partial charge in [-0.05, 0) is 63.3 Å². The Morgan fingerprint density at radius 2 is 1.37 bits per heavy atom. The third-order valence-electron chi connectivity index (χ3n) is 14.3. The Morgan fingerprint density at radius 3 is 1.97 bits per heavy atom. The molecule has 0 fully saturated rings. The van der Waals surface area contributed by atoms with Gasteiger partial charge in [0.15, 0.2) is 22.8 Å². The lowest BCUT2D eigenvalue weighted by Crippen LogP contribution is -2.47. The molecule has 1 unspecified atom stereocenters. The molecule has 3 aliphatic heterocycles. The van der Waals surface area contributed by atoms with Gasteiger partial charge in [0.1, 0.15) is 59.3 Å². The van der Waals surface area contributed by atoms with Gasteiger partial charge < -0.3 is 42.0 Å². The molecule has 0 bridgehead atoms. The topological polar surface area (TPSA) is 133 Å². The van der Waals surface area contributed by atoms with Gasteiger partial charge in [0.2, 0.25) is 26.4 Å². The van der Waals surface area contributed by atoms with Crippen LogP contribution in [0.2, 0.25) is 16.6 Å². The van der Waals surface area contributed by atoms with Crippen LogP contribution in [-0.2, 0) is 40.1 Å². The summed E-state index contributed by atoms with van der Waals surface area (Å²) in [4.78, 5) is 35.8. The number of aliphatic imine (C=N–C) groups is 1. The van der Waals surface area contributed by atoms with Crippen molar-refractivity contribution in [1.82, 2.24) is 0 Å². The number of esters is 1. The average Bonchev–Trinajstić information content (AvgIpc) is 4.04. The Labute approximate surface area is 411 Å². The molecule has 0 N–H and O–H groups in total. The van der Waals surface area contributed by atoms with Crippen LogP contribution in [0, 0.1) is 5.92 Å². The molecule has 13 heteroatoms. The van der Waals surface area contributed by atoms with Crippen LogP contribution >= 0.6 is 0 Å². The van der Waals surface area contributed by atoms with E-state index in [-0.39, 0.29) is 112 Å². The molecule has 5 aromatic carbocycles. The van der Waals surface area contributed by atoms with Crippen LogP contribution in [0.4, 0.5) is 0 Å². The third kappa shape index (κ3) is 8.80. The van der Waals surface area contributed by atoms with Crippen molar-refractivity contribution in [1.29, 1.82) is 0 Å². The molecule has 6 aromatic rings. The lowest BCUT2D eigenvalue weighted by atomic mass is 9.85. The molecule has 0 amide bonds. The Balaban J connectivity index is 1.47. The van der Waals surface area contributed by atoms with E-state index in [1.807, 2.05) is 60.7 Å². The fraction of sp³-hybridized carbons (Fsp3) is 0.421. The molecule has 0 saturated heterocycles. The predicted octanol–water partition coefficient (Wildman–Crippen LogP) is 12.9. The quantitative estimate of drug-likeness (QED) is 0.0463. The first-order chi connectivity index (χ1) is 33.8. The van der Waals surface area contributed by atoms with E-state index in [1.165, 1.54) is 7.11 Å². The first kappa shape index (κ1) is 48.7. The smallest absolute Gasteiger partial charge is 0.342 e. The second-order valence-electron chi connectivity index (χ2n) is 19.9. The van der Waals surface area contributed by atoms with Crippen LogP contribution in [0.1, 0.15) is 113 Å². The number of hydrogen-bond donors (Lipinski definition) is 0. The summed E-state index contributed by atoms with van der Waals surface area (Å²) in [6.07, 6.45) is 1.68. The van der Waals surface area contributed by atoms with Gasteiger partial charge in [-0.1, -0.05) is 135 Å². The minimum Gasteiger partial charge on any atom is -0.492 e. The van der Waals surface area contributed by atoms with Crippen molar-refractivity contribution in [3.8, 4) is 39.9 Å². The molecule has 368 valence electrons. The van der Waals surface area contributed by atoms with Crippen LogP contribution in [0.15, 0.2) is 93.1 Å². The number of ether oxygens (including phenoxy) is 7. The van der Waals surface area contributed by atoms with Crippen LogP contribution < -0.4 is 29.1 Å². The molecule has 0 radical (unpaired) electrons. The molecule has 1 aromatic heterocycles. The summed E-state index contributed by atoms with van der Waals surface area (Å²) >= 11 is 0. The van der Waals surface area contributed by atoms with E-state index in [2.05, 4.69) is 68.4 Å². The van der Waals surface area contributed by atoms with Crippen molar-refractivity contribution in [2.75, 3.05) is 20.5 Å². The minimum absolute atomic E-state index is 0.0441. The first-order valence-corrected chi connectivity index (χ1v) is 26.9. The van der Waals surface area contributed by atoms with Crippen molar-refractivity contribution < 1.29 is 46.8 Å². The first-order valence-electron chi connectivity index (χ1n) is 24.8. The lowest BCUT2D eigenvalue weighted by molar-refractivity contribution is 0.0230. The van der Waals surface area contributed by atoms with E-state index in [0.29, 0.717) is 47.5 Å². The maximum atomic E-state index is 15.7. The molecule has 0 aliphatic carbocycles. The van der Waals surface area contributed by atoms with Gasteiger partial charge in [0.05, 0.1) is 25.3 Å². The summed E-state index contributed by atoms with van der Waals surface area (Å²) in [5, 5.41) is 0.269. The van der Waals surface area contributed by atoms with Gasteiger partial charge in [-0.15, -0.1) is 0 Å². The summed E-state index contributed by atoms with van der Waals surface area (Å²) in [5.74, 6) is 1.19. The van der Waals surface area contributed by atoms with Crippen molar-refractivity contribution in [3.05, 3.63) is 122 Å². The van der Waals surface area contributed by atoms with E-state index in [4.69, 9.17) is 47.0 Å². The van der Waals surface area contributed by atoms with Gasteiger partial charge in [-0.2, -0.15) is 0 Å². The van der Waals surface area contributed by atoms with Crippen LogP contribution in [0.5, 0.6) is 28.7 Å². The number of carbonyl (C=O) groups excluding carboxylic acids is 1. The van der Waals surface area contributed by atoms with Gasteiger partial charge in [-0.25, -0.2) is 9.79 Å². The second-order valence-corrected chi connectivity index (χ2v) is 25.4. The molecular weight excluding hydrogens is 903 g/mol. The van der Waals surface area contributed by atoms with Crippen molar-refractivity contribution in [2.24, 2.45) is 10.9 Å². The fourth-order valence-electron chi connectivity index (χ4n) is 11.0. The number of benzene rings is 5. The number of carbonyl (C=O) groups is 1. The highest BCUT2D eigenvalue weighted by Gasteiger charge is 2.46. The second kappa shape index (κ2) is 20.2. The molecule has 3 aliphatic rings. The Hall–Kier alpha value is -6.31. The molecule has 4 heterocycles. The summed E-state index contributed by atoms with van der Waals surface area (Å²) in [6, 6.07) is 24.8. The Bertz CT molecular complexity index is 2980. The van der Waals surface area contributed by atoms with E-state index in [0.717, 1.165) is 28.7 Å². The summed E-state index contributed by atoms with van der Waals surface area (Å²) in [6.45, 7) is 20.4. The number of rotatable bonds is 18. The zero-order valence-electron chi connectivity index (χ0n) is 42.1. The SMILES string of the molecule is CCCC1Cc2cc(CO[Si](C(C)C)(C(C)C)C(C)C)c(-c3c(C4=N[C@@H](C(C)C)CO4)c(OC)c4oc5ccc6c(c5c(=O)c4c3OCc3ccccc3)OCO6)c(OCc3ccccc3)c2C(=O)O1. The Morgan fingerprint density at radius 1 is 0.714 bits per heavy atom. The van der Waals surface area contributed by atoms with E-state index < -0.39 is 19.7 Å². The summed E-state index contributed by atoms with van der Waals surface area (Å²) < 4.78 is 59.9. The number of methoxy groups -OCH3 is 1. The molecule has 70 heavy (non-hydrogen) atoms. The van der Waals surface area contributed by atoms with Crippen molar-refractivity contribution in [3.63, 3.8) is 0 Å². The van der Waals surface area contributed by atoms with Gasteiger partial charge >= 0.3 is 5.97 Å². The average molecular weight is 968 g/mol. The maximum Gasteiger partial charge on any atom is 0.342 e. The van der Waals surface area contributed by atoms with Crippen molar-refractivity contribution in [2.45, 2.75) is 130 Å². The number of nitrogens with zero attached hydrogens (tertiary/aromatic N) is 1. The number of hydrogen-bond acceptors (Lipinski definition) is 12. The van der Waals surface area contributed by atoms with E-state index in [9.17, 15) is 4.79 Å². The highest BCUT2D eigenvalue weighted by molar-refractivity contribution is 6.77. The van der Waals surface area contributed by atoms with Gasteiger partial charge in [0.25, 0.3) is 0 Å². The van der Waals surface area contributed by atoms with Crippen LogP contribution in [0.3, 0.4) is 0 Å². The van der Waals surface area contributed by atoms with Crippen LogP contribution in [-0.4, -0.2) is 52.8 Å². The van der Waals surface area contributed by atoms with Crippen molar-refractivity contribution >= 4 is 42.1 Å². The zero-order chi connectivity index (χ0) is 49.4. The normalized spacial score (nSPS) is 16.6. The zero-order valence-corrected chi connectivity index (χ0v) is 43.1. The molecule has 9 rings (SSSR count). The summed E-state index contributed by atoms with van der Waals surface area (Å²) in [7, 11) is -1.03. The standard InChI is InChI=1S/C57H65NO11Si/c1-11-18-40-26-38-25-39(29-67-70(33(4)5,34(6)7)35(8)9)44(52(45(38)57(60)68-40)62-27-36-19-14-12-15-20-36)47-48(56-58-41(30-64-56)32(2)3)54(61-10)55-49(53(47)63-28-37-21-16-13-17-22-37)50(59)46-42(69-55)23-24-43-51(46)66-31-65-43/h12-17,19-25,32-35,40-41H,11,18,26-31H2,1-10H3/t40?,41-/m1/s1. The molecule has 2 atom stereocenters. The molecule has 0 saturated carbocycles. The minimum atomic E-state index is -2.57. The van der Waals surface area contributed by atoms with Gasteiger partial charge in [-0.3, -0.25) is 4.79 Å². The summed E-state index contributed by atoms with van der Waals surface area (Å²) in [5.41, 5.74) is 5.49. The van der Waals surface area contributed by atoms with Gasteiger partial charge in [0, 0.05) is 17.5 Å². The number of cyclic esters (lactones) is 1. The maximum absolute atomic E-state index is 15.7. The largest absolute Gasteiger partial charge is 0.492 e. The Kier molecular flexibility index (Phi) is 14.0. The van der Waals surface area contributed by atoms with E-state index in [1.54, 1.807) is 12.1 Å². The highest BCUT2D eigenvalue weighted by atomic mass is 28.4. The van der Waals surface area contributed by atoms with Crippen LogP contribution in [0.25, 0.3) is 33.1 Å². The highest BCUT2D eigenvalue weighted by Crippen LogP contribution is 2.54. The lowest BCUT2D eigenvalue weighted by Gasteiger charge is -2.42. The molecule has 0 spiro atoms. The van der Waals surface area contributed by atoms with E-state index >= 15 is 4.79 Å². The predicted molar refractivity (Wildman–Crippen MR) is 274 cm³/mol.